The molecule has 1 aliphatic heterocycles. The van der Waals surface area contributed by atoms with Gasteiger partial charge in [-0.05, 0) is 25.7 Å². The fraction of sp³-hybridized carbons (Fsp3) is 1.00. The molecule has 1 N–H and O–H groups in total. The van der Waals surface area contributed by atoms with Crippen LogP contribution in [-0.4, -0.2) is 18.9 Å². The van der Waals surface area contributed by atoms with Gasteiger partial charge in [0.05, 0.1) is 12.3 Å². The van der Waals surface area contributed by atoms with Crippen molar-refractivity contribution in [3.63, 3.8) is 0 Å². The molecule has 1 heterocycles. The summed E-state index contributed by atoms with van der Waals surface area (Å²) in [4.78, 5) is 0. The Bertz CT molecular complexity index is 114. The first kappa shape index (κ1) is 5.69. The fourth-order valence-electron chi connectivity index (χ4n) is 1.52. The smallest absolute Gasteiger partial charge is 0.0974 e. The maximum Gasteiger partial charge on any atom is 0.0974 e. The van der Waals surface area contributed by atoms with Crippen molar-refractivity contribution in [2.75, 3.05) is 13.3 Å². The topological polar surface area (TPSA) is 21.3 Å². The van der Waals surface area contributed by atoms with Crippen molar-refractivity contribution in [3.05, 3.63) is 0 Å². The minimum atomic E-state index is 0.194. The van der Waals surface area contributed by atoms with Gasteiger partial charge in [-0.1, -0.05) is 0 Å². The molecule has 0 aromatic heterocycles. The Morgan fingerprint density at radius 3 is 2.78 bits per heavy atom. The van der Waals surface area contributed by atoms with E-state index in [1.807, 2.05) is 0 Å². The third kappa shape index (κ3) is 0.864. The van der Waals surface area contributed by atoms with Crippen LogP contribution in [0, 0.1) is 5.92 Å². The Labute approximate surface area is 55.6 Å². The summed E-state index contributed by atoms with van der Waals surface area (Å²) >= 11 is 0. The van der Waals surface area contributed by atoms with E-state index in [9.17, 15) is 0 Å². The zero-order chi connectivity index (χ0) is 6.32. The number of rotatable bonds is 1. The van der Waals surface area contributed by atoms with Crippen LogP contribution in [-0.2, 0) is 4.74 Å². The van der Waals surface area contributed by atoms with Gasteiger partial charge in [0.15, 0.2) is 0 Å². The average Bonchev–Trinajstić information content (AvgIpc) is 2.60. The van der Waals surface area contributed by atoms with E-state index < -0.39 is 0 Å². The van der Waals surface area contributed by atoms with Crippen molar-refractivity contribution >= 4 is 0 Å². The Morgan fingerprint density at radius 1 is 1.56 bits per heavy atom. The summed E-state index contributed by atoms with van der Waals surface area (Å²) in [5, 5.41) is 3.21. The zero-order valence-electron chi connectivity index (χ0n) is 5.81. The highest BCUT2D eigenvalue weighted by atomic mass is 16.5. The second kappa shape index (κ2) is 1.70. The molecule has 1 aliphatic carbocycles. The SMILES string of the molecule is CC1(C2CC2)CNCO1. The van der Waals surface area contributed by atoms with Gasteiger partial charge in [0.25, 0.3) is 0 Å². The molecule has 2 aliphatic rings. The van der Waals surface area contributed by atoms with Gasteiger partial charge >= 0.3 is 0 Å². The van der Waals surface area contributed by atoms with Crippen molar-refractivity contribution in [2.45, 2.75) is 25.4 Å². The summed E-state index contributed by atoms with van der Waals surface area (Å²) in [5.41, 5.74) is 0.194. The summed E-state index contributed by atoms with van der Waals surface area (Å²) in [6, 6.07) is 0. The molecule has 0 bridgehead atoms. The van der Waals surface area contributed by atoms with Crippen molar-refractivity contribution in [2.24, 2.45) is 5.92 Å². The van der Waals surface area contributed by atoms with E-state index in [0.29, 0.717) is 0 Å². The molecule has 1 atom stereocenters. The van der Waals surface area contributed by atoms with E-state index in [0.717, 1.165) is 19.2 Å². The average molecular weight is 127 g/mol. The first-order valence-corrected chi connectivity index (χ1v) is 3.66. The third-order valence-corrected chi connectivity index (χ3v) is 2.42. The van der Waals surface area contributed by atoms with E-state index >= 15 is 0 Å². The van der Waals surface area contributed by atoms with Gasteiger partial charge < -0.3 is 4.74 Å². The van der Waals surface area contributed by atoms with Crippen LogP contribution in [0.4, 0.5) is 0 Å². The van der Waals surface area contributed by atoms with E-state index in [2.05, 4.69) is 12.2 Å². The molecular formula is C7H13NO. The van der Waals surface area contributed by atoms with E-state index in [-0.39, 0.29) is 5.60 Å². The van der Waals surface area contributed by atoms with Crippen LogP contribution in [0.25, 0.3) is 0 Å². The molecule has 1 unspecified atom stereocenters. The molecular weight excluding hydrogens is 114 g/mol. The lowest BCUT2D eigenvalue weighted by Crippen LogP contribution is -2.31. The van der Waals surface area contributed by atoms with E-state index in [1.165, 1.54) is 12.8 Å². The van der Waals surface area contributed by atoms with Crippen LogP contribution in [0.1, 0.15) is 19.8 Å². The Hall–Kier alpha value is -0.0800. The number of hydrogen-bond acceptors (Lipinski definition) is 2. The summed E-state index contributed by atoms with van der Waals surface area (Å²) in [5.74, 6) is 0.854. The lowest BCUT2D eigenvalue weighted by molar-refractivity contribution is 0.00852. The van der Waals surface area contributed by atoms with Gasteiger partial charge in [-0.3, -0.25) is 5.32 Å². The van der Waals surface area contributed by atoms with Crippen molar-refractivity contribution in [1.82, 2.24) is 5.32 Å². The van der Waals surface area contributed by atoms with Crippen molar-refractivity contribution in [3.8, 4) is 0 Å². The molecule has 9 heavy (non-hydrogen) atoms. The minimum Gasteiger partial charge on any atom is -0.359 e. The first-order valence-electron chi connectivity index (χ1n) is 3.66. The molecule has 0 amide bonds. The monoisotopic (exact) mass is 127 g/mol. The van der Waals surface area contributed by atoms with Crippen LogP contribution in [0.3, 0.4) is 0 Å². The van der Waals surface area contributed by atoms with E-state index in [1.54, 1.807) is 0 Å². The van der Waals surface area contributed by atoms with Crippen LogP contribution >= 0.6 is 0 Å². The molecule has 1 saturated carbocycles. The van der Waals surface area contributed by atoms with Gasteiger partial charge in [0.2, 0.25) is 0 Å². The predicted octanol–water partition coefficient (Wildman–Crippen LogP) is 0.732. The Balaban J connectivity index is 2.02. The summed E-state index contributed by atoms with van der Waals surface area (Å²) in [6.45, 7) is 4.02. The molecule has 0 aromatic rings. The molecule has 2 nitrogen and oxygen atoms in total. The highest BCUT2D eigenvalue weighted by Crippen LogP contribution is 2.42. The number of hydrogen-bond donors (Lipinski definition) is 1. The van der Waals surface area contributed by atoms with E-state index in [4.69, 9.17) is 4.74 Å². The highest BCUT2D eigenvalue weighted by Gasteiger charge is 2.44. The van der Waals surface area contributed by atoms with Crippen LogP contribution < -0.4 is 5.32 Å². The van der Waals surface area contributed by atoms with Gasteiger partial charge in [-0.15, -0.1) is 0 Å². The second-order valence-electron chi connectivity index (χ2n) is 3.30. The van der Waals surface area contributed by atoms with Crippen molar-refractivity contribution < 1.29 is 4.74 Å². The first-order chi connectivity index (χ1) is 4.31. The third-order valence-electron chi connectivity index (χ3n) is 2.42. The molecule has 52 valence electrons. The maximum atomic E-state index is 5.55. The van der Waals surface area contributed by atoms with Gasteiger partial charge in [0, 0.05) is 6.54 Å². The summed E-state index contributed by atoms with van der Waals surface area (Å²) < 4.78 is 5.55. The van der Waals surface area contributed by atoms with Crippen LogP contribution in [0.5, 0.6) is 0 Å². The van der Waals surface area contributed by atoms with Crippen LogP contribution in [0.2, 0.25) is 0 Å². The fourth-order valence-corrected chi connectivity index (χ4v) is 1.52. The minimum absolute atomic E-state index is 0.194. The van der Waals surface area contributed by atoms with Crippen molar-refractivity contribution in [1.29, 1.82) is 0 Å². The number of ether oxygens (including phenoxy) is 1. The molecule has 0 radical (unpaired) electrons. The Kier molecular flexibility index (Phi) is 1.08. The maximum absolute atomic E-state index is 5.55. The zero-order valence-corrected chi connectivity index (χ0v) is 5.81. The summed E-state index contributed by atoms with van der Waals surface area (Å²) in [6.07, 6.45) is 2.75. The van der Waals surface area contributed by atoms with Gasteiger partial charge in [0.1, 0.15) is 0 Å². The Morgan fingerprint density at radius 2 is 2.33 bits per heavy atom. The molecule has 0 aromatic carbocycles. The predicted molar refractivity (Wildman–Crippen MR) is 35.1 cm³/mol. The van der Waals surface area contributed by atoms with Crippen LogP contribution in [0.15, 0.2) is 0 Å². The van der Waals surface area contributed by atoms with Gasteiger partial charge in [-0.2, -0.15) is 0 Å². The lowest BCUT2D eigenvalue weighted by atomic mass is 10.0. The quantitative estimate of drug-likeness (QED) is 0.560. The molecule has 1 saturated heterocycles. The molecule has 0 spiro atoms. The highest BCUT2D eigenvalue weighted by molar-refractivity contribution is 4.96. The standard InChI is InChI=1S/C7H13NO/c1-7(6-2-3-6)4-8-5-9-7/h6,8H,2-5H2,1H3. The van der Waals surface area contributed by atoms with Gasteiger partial charge in [-0.25, -0.2) is 0 Å². The molecule has 2 fully saturated rings. The molecule has 2 heteroatoms. The lowest BCUT2D eigenvalue weighted by Gasteiger charge is -2.20. The molecule has 2 rings (SSSR count). The number of nitrogens with one attached hydrogen (secondary N) is 1. The summed E-state index contributed by atoms with van der Waals surface area (Å²) in [7, 11) is 0. The second-order valence-corrected chi connectivity index (χ2v) is 3.30. The largest absolute Gasteiger partial charge is 0.359 e. The normalized spacial score (nSPS) is 43.7.